The first kappa shape index (κ1) is 20.6. The van der Waals surface area contributed by atoms with Crippen LogP contribution in [-0.4, -0.2) is 28.9 Å². The van der Waals surface area contributed by atoms with Crippen LogP contribution in [0, 0.1) is 22.0 Å². The number of nitrogens with one attached hydrogen (secondary N) is 1. The van der Waals surface area contributed by atoms with E-state index in [0.717, 1.165) is 12.8 Å². The number of nitrogens with zero attached hydrogens (tertiary/aromatic N) is 1. The fraction of sp³-hybridized carbons (Fsp3) is 0.500. The molecule has 7 heteroatoms. The van der Waals surface area contributed by atoms with Gasteiger partial charge in [0.05, 0.1) is 4.92 Å². The Hall–Kier alpha value is -2.70. The molecular weight excluding hydrogens is 348 g/mol. The molecule has 0 heterocycles. The van der Waals surface area contributed by atoms with Crippen molar-refractivity contribution in [2.75, 3.05) is 0 Å². The molecule has 1 aliphatic rings. The number of rotatable bonds is 6. The van der Waals surface area contributed by atoms with Gasteiger partial charge in [0.2, 0.25) is 0 Å². The van der Waals surface area contributed by atoms with Crippen LogP contribution < -0.4 is 5.32 Å². The van der Waals surface area contributed by atoms with E-state index in [1.54, 1.807) is 6.92 Å². The third kappa shape index (κ3) is 5.91. The van der Waals surface area contributed by atoms with Gasteiger partial charge >= 0.3 is 5.97 Å². The molecule has 1 saturated carbocycles. The van der Waals surface area contributed by atoms with Crippen LogP contribution in [0.15, 0.2) is 30.3 Å². The lowest BCUT2D eigenvalue weighted by Gasteiger charge is -2.35. The minimum absolute atomic E-state index is 0.0220. The number of amides is 1. The van der Waals surface area contributed by atoms with E-state index in [0.29, 0.717) is 17.4 Å². The molecule has 146 valence electrons. The van der Waals surface area contributed by atoms with E-state index in [9.17, 15) is 19.7 Å². The minimum Gasteiger partial charge on any atom is -0.449 e. The van der Waals surface area contributed by atoms with Crippen molar-refractivity contribution in [2.45, 2.75) is 52.2 Å². The lowest BCUT2D eigenvalue weighted by atomic mass is 9.78. The molecule has 0 aromatic heterocycles. The van der Waals surface area contributed by atoms with Crippen LogP contribution in [0.5, 0.6) is 0 Å². The maximum absolute atomic E-state index is 12.3. The highest BCUT2D eigenvalue weighted by molar-refractivity contribution is 5.90. The summed E-state index contributed by atoms with van der Waals surface area (Å²) in [4.78, 5) is 34.3. The highest BCUT2D eigenvalue weighted by atomic mass is 16.6. The Morgan fingerprint density at radius 2 is 1.93 bits per heavy atom. The van der Waals surface area contributed by atoms with E-state index in [-0.39, 0.29) is 17.6 Å². The second-order valence-corrected chi connectivity index (χ2v) is 7.14. The fourth-order valence-electron chi connectivity index (χ4n) is 3.22. The van der Waals surface area contributed by atoms with E-state index in [1.165, 1.54) is 42.8 Å². The Morgan fingerprint density at radius 1 is 1.26 bits per heavy atom. The number of hydrogen-bond donors (Lipinski definition) is 1. The highest BCUT2D eigenvalue weighted by Crippen LogP contribution is 2.29. The normalized spacial score (nSPS) is 23.6. The second-order valence-electron chi connectivity index (χ2n) is 7.14. The number of ether oxygens (including phenoxy) is 1. The summed E-state index contributed by atoms with van der Waals surface area (Å²) < 4.78 is 5.15. The summed E-state index contributed by atoms with van der Waals surface area (Å²) in [6, 6.07) is 5.88. The van der Waals surface area contributed by atoms with Crippen molar-refractivity contribution >= 4 is 23.6 Å². The summed E-state index contributed by atoms with van der Waals surface area (Å²) in [7, 11) is 0. The van der Waals surface area contributed by atoms with Crippen LogP contribution in [0.3, 0.4) is 0 Å². The maximum Gasteiger partial charge on any atom is 0.331 e. The van der Waals surface area contributed by atoms with E-state index in [4.69, 9.17) is 4.74 Å². The molecule has 0 aliphatic heterocycles. The lowest BCUT2D eigenvalue weighted by molar-refractivity contribution is -0.384. The van der Waals surface area contributed by atoms with Crippen LogP contribution in [0.25, 0.3) is 6.08 Å². The Balaban J connectivity index is 1.85. The van der Waals surface area contributed by atoms with Gasteiger partial charge in [0.25, 0.3) is 11.6 Å². The Morgan fingerprint density at radius 3 is 2.56 bits per heavy atom. The minimum atomic E-state index is -0.886. The molecule has 0 saturated heterocycles. The molecule has 0 spiro atoms. The number of benzene rings is 1. The molecule has 4 atom stereocenters. The Kier molecular flexibility index (Phi) is 7.10. The third-order valence-electron chi connectivity index (χ3n) is 5.21. The van der Waals surface area contributed by atoms with Crippen LogP contribution in [-0.2, 0) is 14.3 Å². The molecule has 0 unspecified atom stereocenters. The number of non-ortho nitro benzene ring substituents is 1. The van der Waals surface area contributed by atoms with Gasteiger partial charge in [-0.15, -0.1) is 0 Å². The average Bonchev–Trinajstić information content (AvgIpc) is 2.64. The Bertz CT molecular complexity index is 714. The van der Waals surface area contributed by atoms with Crippen molar-refractivity contribution in [3.05, 3.63) is 46.0 Å². The summed E-state index contributed by atoms with van der Waals surface area (Å²) in [5, 5.41) is 13.6. The number of nitro benzene ring substituents is 1. The van der Waals surface area contributed by atoms with E-state index < -0.39 is 17.0 Å². The molecule has 1 N–H and O–H groups in total. The molecule has 1 aromatic carbocycles. The zero-order valence-corrected chi connectivity index (χ0v) is 15.9. The van der Waals surface area contributed by atoms with Crippen LogP contribution in [0.2, 0.25) is 0 Å². The SMILES string of the molecule is C[C@H]1[C@@H](NC(=O)[C@@H](C)OC(=O)/C=C/c2ccc([N+](=O)[O-])cc2)CCC[C@@H]1C. The monoisotopic (exact) mass is 374 g/mol. The van der Waals surface area contributed by atoms with Gasteiger partial charge in [-0.05, 0) is 49.0 Å². The second kappa shape index (κ2) is 9.30. The molecule has 0 bridgehead atoms. The van der Waals surface area contributed by atoms with Gasteiger partial charge in [-0.3, -0.25) is 14.9 Å². The topological polar surface area (TPSA) is 98.5 Å². The zero-order chi connectivity index (χ0) is 20.0. The maximum atomic E-state index is 12.3. The molecule has 27 heavy (non-hydrogen) atoms. The van der Waals surface area contributed by atoms with Crippen molar-refractivity contribution in [1.29, 1.82) is 0 Å². The van der Waals surface area contributed by atoms with Crippen LogP contribution >= 0.6 is 0 Å². The molecule has 0 radical (unpaired) electrons. The third-order valence-corrected chi connectivity index (χ3v) is 5.21. The smallest absolute Gasteiger partial charge is 0.331 e. The van der Waals surface area contributed by atoms with Gasteiger partial charge in [-0.25, -0.2) is 4.79 Å². The molecule has 7 nitrogen and oxygen atoms in total. The Labute approximate surface area is 158 Å². The number of esters is 1. The molecule has 1 aromatic rings. The van der Waals surface area contributed by atoms with Gasteiger partial charge in [-0.1, -0.05) is 26.7 Å². The zero-order valence-electron chi connectivity index (χ0n) is 15.9. The average molecular weight is 374 g/mol. The van der Waals surface area contributed by atoms with Crippen LogP contribution in [0.4, 0.5) is 5.69 Å². The summed E-state index contributed by atoms with van der Waals surface area (Å²) >= 11 is 0. The summed E-state index contributed by atoms with van der Waals surface area (Å²) in [5.41, 5.74) is 0.603. The predicted octanol–water partition coefficient (Wildman–Crippen LogP) is 3.48. The molecular formula is C20H26N2O5. The van der Waals surface area contributed by atoms with Crippen molar-refractivity contribution in [3.63, 3.8) is 0 Å². The molecule has 2 rings (SSSR count). The highest BCUT2D eigenvalue weighted by Gasteiger charge is 2.29. The van der Waals surface area contributed by atoms with Crippen molar-refractivity contribution in [3.8, 4) is 0 Å². The number of hydrogen-bond acceptors (Lipinski definition) is 5. The number of carbonyl (C=O) groups excluding carboxylic acids is 2. The van der Waals surface area contributed by atoms with Crippen LogP contribution in [0.1, 0.15) is 45.6 Å². The predicted molar refractivity (Wildman–Crippen MR) is 102 cm³/mol. The fourth-order valence-corrected chi connectivity index (χ4v) is 3.22. The summed E-state index contributed by atoms with van der Waals surface area (Å²) in [6.07, 6.45) is 5.01. The van der Waals surface area contributed by atoms with Gasteiger partial charge in [-0.2, -0.15) is 0 Å². The van der Waals surface area contributed by atoms with Gasteiger partial charge < -0.3 is 10.1 Å². The molecule has 1 fully saturated rings. The van der Waals surface area contributed by atoms with E-state index in [2.05, 4.69) is 19.2 Å². The first-order chi connectivity index (χ1) is 12.8. The van der Waals surface area contributed by atoms with Crippen molar-refractivity contribution in [2.24, 2.45) is 11.8 Å². The van der Waals surface area contributed by atoms with Crippen molar-refractivity contribution < 1.29 is 19.2 Å². The van der Waals surface area contributed by atoms with Gasteiger partial charge in [0, 0.05) is 24.3 Å². The van der Waals surface area contributed by atoms with E-state index in [1.807, 2.05) is 0 Å². The van der Waals surface area contributed by atoms with Gasteiger partial charge in [0.1, 0.15) is 0 Å². The molecule has 1 amide bonds. The quantitative estimate of drug-likeness (QED) is 0.356. The largest absolute Gasteiger partial charge is 0.449 e. The first-order valence-corrected chi connectivity index (χ1v) is 9.21. The molecule has 1 aliphatic carbocycles. The number of nitro groups is 1. The summed E-state index contributed by atoms with van der Waals surface area (Å²) in [5.74, 6) is 0.0262. The summed E-state index contributed by atoms with van der Waals surface area (Å²) in [6.45, 7) is 5.87. The number of carbonyl (C=O) groups is 2. The standard InChI is InChI=1S/C20H26N2O5/c1-13-5-4-6-18(14(13)2)21-20(24)15(3)27-19(23)12-9-16-7-10-17(11-8-16)22(25)26/h7-15,18H,4-6H2,1-3H3,(H,21,24)/b12-9+/t13-,14+,15+,18-/m0/s1. The van der Waals surface area contributed by atoms with E-state index >= 15 is 0 Å². The lowest BCUT2D eigenvalue weighted by Crippen LogP contribution is -2.47. The first-order valence-electron chi connectivity index (χ1n) is 9.21. The van der Waals surface area contributed by atoms with Crippen molar-refractivity contribution in [1.82, 2.24) is 5.32 Å². The van der Waals surface area contributed by atoms with Gasteiger partial charge in [0.15, 0.2) is 6.10 Å².